The minimum atomic E-state index is -4.15. The minimum absolute atomic E-state index is 0.0209. The fourth-order valence-corrected chi connectivity index (χ4v) is 6.87. The van der Waals surface area contributed by atoms with Crippen LogP contribution in [0, 0.1) is 20.8 Å². The molecule has 0 fully saturated rings. The van der Waals surface area contributed by atoms with Crippen LogP contribution in [0.5, 0.6) is 5.75 Å². The first-order valence-electron chi connectivity index (χ1n) is 12.7. The molecule has 4 rings (SSSR count). The van der Waals surface area contributed by atoms with Crippen LogP contribution < -0.4 is 19.1 Å². The lowest BCUT2D eigenvalue weighted by Crippen LogP contribution is -2.38. The molecule has 0 unspecified atom stereocenters. The number of ether oxygens (including phenoxy) is 1. The van der Waals surface area contributed by atoms with E-state index in [1.165, 1.54) is 43.5 Å². The van der Waals surface area contributed by atoms with Crippen molar-refractivity contribution in [3.8, 4) is 5.75 Å². The van der Waals surface area contributed by atoms with Gasteiger partial charge in [0, 0.05) is 10.7 Å². The molecule has 0 saturated heterocycles. The lowest BCUT2D eigenvalue weighted by atomic mass is 10.2. The highest BCUT2D eigenvalue weighted by atomic mass is 35.5. The summed E-state index contributed by atoms with van der Waals surface area (Å²) in [6.07, 6.45) is 0. The molecule has 0 atom stereocenters. The number of carbonyl (C=O) groups excluding carboxylic acids is 1. The smallest absolute Gasteiger partial charge is 0.264 e. The van der Waals surface area contributed by atoms with Crippen molar-refractivity contribution in [3.05, 3.63) is 107 Å². The number of sulfonamides is 2. The molecule has 0 aliphatic heterocycles. The summed E-state index contributed by atoms with van der Waals surface area (Å²) in [6, 6.07) is 21.8. The molecule has 0 bridgehead atoms. The van der Waals surface area contributed by atoms with Gasteiger partial charge in [-0.25, -0.2) is 16.8 Å². The van der Waals surface area contributed by atoms with Crippen LogP contribution in [0.15, 0.2) is 94.7 Å². The lowest BCUT2D eigenvalue weighted by Gasteiger charge is -2.26. The van der Waals surface area contributed by atoms with Crippen molar-refractivity contribution in [2.75, 3.05) is 28.0 Å². The second kappa shape index (κ2) is 12.4. The molecule has 0 radical (unpaired) electrons. The van der Waals surface area contributed by atoms with Gasteiger partial charge in [-0.3, -0.25) is 13.8 Å². The summed E-state index contributed by atoms with van der Waals surface area (Å²) >= 11 is 6.29. The van der Waals surface area contributed by atoms with E-state index in [1.54, 1.807) is 55.5 Å². The molecule has 0 spiro atoms. The van der Waals surface area contributed by atoms with Crippen molar-refractivity contribution < 1.29 is 26.4 Å². The molecular formula is C30H30ClN3O6S2. The van der Waals surface area contributed by atoms with Crippen molar-refractivity contribution in [1.82, 2.24) is 0 Å². The maximum atomic E-state index is 13.7. The molecule has 1 amide bonds. The number of anilines is 3. The van der Waals surface area contributed by atoms with Gasteiger partial charge in [0.25, 0.3) is 20.0 Å². The van der Waals surface area contributed by atoms with Crippen molar-refractivity contribution in [2.24, 2.45) is 0 Å². The number of amides is 1. The lowest BCUT2D eigenvalue weighted by molar-refractivity contribution is -0.114. The Bertz CT molecular complexity index is 1830. The number of benzene rings is 4. The van der Waals surface area contributed by atoms with Gasteiger partial charge in [0.05, 0.1) is 28.3 Å². The molecule has 0 heterocycles. The highest BCUT2D eigenvalue weighted by molar-refractivity contribution is 7.93. The molecule has 0 aromatic heterocycles. The number of halogens is 1. The van der Waals surface area contributed by atoms with Gasteiger partial charge < -0.3 is 10.1 Å². The van der Waals surface area contributed by atoms with Crippen LogP contribution in [0.25, 0.3) is 0 Å². The molecule has 2 N–H and O–H groups in total. The summed E-state index contributed by atoms with van der Waals surface area (Å²) < 4.78 is 62.2. The van der Waals surface area contributed by atoms with E-state index in [0.717, 1.165) is 15.4 Å². The number of hydrogen-bond acceptors (Lipinski definition) is 6. The monoisotopic (exact) mass is 627 g/mol. The van der Waals surface area contributed by atoms with Gasteiger partial charge in [-0.1, -0.05) is 41.4 Å². The van der Waals surface area contributed by atoms with Crippen LogP contribution in [-0.2, 0) is 24.8 Å². The molecule has 42 heavy (non-hydrogen) atoms. The van der Waals surface area contributed by atoms with E-state index in [2.05, 4.69) is 10.0 Å². The Kier molecular flexibility index (Phi) is 9.15. The zero-order valence-corrected chi connectivity index (χ0v) is 25.8. The van der Waals surface area contributed by atoms with Gasteiger partial charge in [0.1, 0.15) is 12.3 Å². The van der Waals surface area contributed by atoms with E-state index in [9.17, 15) is 21.6 Å². The third kappa shape index (κ3) is 6.87. The van der Waals surface area contributed by atoms with Crippen LogP contribution in [-0.4, -0.2) is 36.4 Å². The first-order valence-corrected chi connectivity index (χ1v) is 16.0. The Hall–Kier alpha value is -4.06. The standard InChI is InChI=1S/C30H30ClN3O6S2/c1-20-8-13-25(14-9-20)42(38,39)34(28-7-5-6-26(31)22(28)3)19-30(35)32-23-11-15-24(16-12-23)41(36,37)33-27-18-21(2)10-17-29(27)40-4/h5-18,33H,19H2,1-4H3,(H,32,35). The number of methoxy groups -OCH3 is 1. The molecule has 0 aliphatic carbocycles. The van der Waals surface area contributed by atoms with Gasteiger partial charge in [0.2, 0.25) is 5.91 Å². The Morgan fingerprint density at radius 3 is 2.10 bits per heavy atom. The van der Waals surface area contributed by atoms with Gasteiger partial charge in [0.15, 0.2) is 0 Å². The number of nitrogens with one attached hydrogen (secondary N) is 2. The predicted molar refractivity (Wildman–Crippen MR) is 166 cm³/mol. The van der Waals surface area contributed by atoms with E-state index in [4.69, 9.17) is 16.3 Å². The van der Waals surface area contributed by atoms with Crippen molar-refractivity contribution in [3.63, 3.8) is 0 Å². The normalized spacial score (nSPS) is 11.5. The van der Waals surface area contributed by atoms with Crippen molar-refractivity contribution in [2.45, 2.75) is 30.6 Å². The third-order valence-corrected chi connectivity index (χ3v) is 10.0. The zero-order valence-electron chi connectivity index (χ0n) is 23.4. The summed E-state index contributed by atoms with van der Waals surface area (Å²) in [6.45, 7) is 4.79. The van der Waals surface area contributed by atoms with Crippen LogP contribution in [0.1, 0.15) is 16.7 Å². The molecular weight excluding hydrogens is 598 g/mol. The van der Waals surface area contributed by atoms with Gasteiger partial charge in [-0.15, -0.1) is 0 Å². The molecule has 4 aromatic carbocycles. The van der Waals surface area contributed by atoms with Crippen LogP contribution in [0.4, 0.5) is 17.1 Å². The summed E-state index contributed by atoms with van der Waals surface area (Å²) in [5.41, 5.74) is 3.06. The number of carbonyl (C=O) groups is 1. The number of rotatable bonds is 10. The van der Waals surface area contributed by atoms with Crippen LogP contribution in [0.3, 0.4) is 0 Å². The second-order valence-corrected chi connectivity index (χ2v) is 13.5. The SMILES string of the molecule is COc1ccc(C)cc1NS(=O)(=O)c1ccc(NC(=O)CN(c2cccc(Cl)c2C)S(=O)(=O)c2ccc(C)cc2)cc1. The minimum Gasteiger partial charge on any atom is -0.495 e. The highest BCUT2D eigenvalue weighted by Crippen LogP contribution is 2.31. The van der Waals surface area contributed by atoms with Gasteiger partial charge >= 0.3 is 0 Å². The Labute approximate surface area is 251 Å². The topological polar surface area (TPSA) is 122 Å². The molecule has 4 aromatic rings. The Morgan fingerprint density at radius 2 is 1.45 bits per heavy atom. The molecule has 12 heteroatoms. The molecule has 0 saturated carbocycles. The fraction of sp³-hybridized carbons (Fsp3) is 0.167. The molecule has 9 nitrogen and oxygen atoms in total. The summed E-state index contributed by atoms with van der Waals surface area (Å²) in [7, 11) is -6.67. The number of hydrogen-bond donors (Lipinski definition) is 2. The summed E-state index contributed by atoms with van der Waals surface area (Å²) in [5.74, 6) is -0.267. The van der Waals surface area contributed by atoms with Gasteiger partial charge in [-0.05, 0) is 92.6 Å². The predicted octanol–water partition coefficient (Wildman–Crippen LogP) is 5.91. The molecule has 0 aliphatic rings. The zero-order chi connectivity index (χ0) is 30.7. The quantitative estimate of drug-likeness (QED) is 0.225. The Morgan fingerprint density at radius 1 is 0.833 bits per heavy atom. The summed E-state index contributed by atoms with van der Waals surface area (Å²) in [5, 5.41) is 3.00. The van der Waals surface area contributed by atoms with Gasteiger partial charge in [-0.2, -0.15) is 0 Å². The average Bonchev–Trinajstić information content (AvgIpc) is 2.94. The van der Waals surface area contributed by atoms with Crippen molar-refractivity contribution >= 4 is 54.6 Å². The fourth-order valence-electron chi connectivity index (χ4n) is 4.16. The third-order valence-electron chi connectivity index (χ3n) is 6.45. The maximum absolute atomic E-state index is 13.7. The Balaban J connectivity index is 1.56. The van der Waals surface area contributed by atoms with E-state index >= 15 is 0 Å². The average molecular weight is 628 g/mol. The van der Waals surface area contributed by atoms with Crippen LogP contribution in [0.2, 0.25) is 5.02 Å². The molecule has 220 valence electrons. The maximum Gasteiger partial charge on any atom is 0.264 e. The van der Waals surface area contributed by atoms with Crippen LogP contribution >= 0.6 is 11.6 Å². The number of aryl methyl sites for hydroxylation is 2. The first-order chi connectivity index (χ1) is 19.8. The van der Waals surface area contributed by atoms with E-state index in [0.29, 0.717) is 22.0 Å². The van der Waals surface area contributed by atoms with E-state index in [1.807, 2.05) is 13.8 Å². The first kappa shape index (κ1) is 30.9. The largest absolute Gasteiger partial charge is 0.495 e. The second-order valence-electron chi connectivity index (χ2n) is 9.59. The van der Waals surface area contributed by atoms with E-state index < -0.39 is 32.5 Å². The van der Waals surface area contributed by atoms with E-state index in [-0.39, 0.29) is 21.2 Å². The van der Waals surface area contributed by atoms with Crippen molar-refractivity contribution in [1.29, 1.82) is 0 Å². The highest BCUT2D eigenvalue weighted by Gasteiger charge is 2.29. The summed E-state index contributed by atoms with van der Waals surface area (Å²) in [4.78, 5) is 13.1. The number of nitrogens with zero attached hydrogens (tertiary/aromatic N) is 1.